The van der Waals surface area contributed by atoms with Crippen molar-refractivity contribution in [3.8, 4) is 0 Å². The number of anilines is 2. The lowest BCUT2D eigenvalue weighted by molar-refractivity contribution is 0.101. The molecule has 1 heterocycles. The maximum Gasteiger partial charge on any atom is 0.293 e. The fourth-order valence-corrected chi connectivity index (χ4v) is 2.64. The molecule has 0 saturated carbocycles. The molecule has 0 unspecified atom stereocenters. The zero-order chi connectivity index (χ0) is 15.6. The van der Waals surface area contributed by atoms with Crippen molar-refractivity contribution in [1.82, 2.24) is 19.9 Å². The highest BCUT2D eigenvalue weighted by atomic mass is 32.2. The highest BCUT2D eigenvalue weighted by molar-refractivity contribution is 7.89. The van der Waals surface area contributed by atoms with E-state index in [-0.39, 0.29) is 16.7 Å². The molecular weight excluding hydrogens is 296 g/mol. The quantitative estimate of drug-likeness (QED) is 0.618. The number of sulfonamides is 1. The molecule has 0 radical (unpaired) electrons. The first-order valence-electron chi connectivity index (χ1n) is 5.87. The van der Waals surface area contributed by atoms with Crippen molar-refractivity contribution in [2.24, 2.45) is 0 Å². The van der Waals surface area contributed by atoms with Gasteiger partial charge in [0.05, 0.1) is 4.90 Å². The van der Waals surface area contributed by atoms with Crippen molar-refractivity contribution < 1.29 is 13.2 Å². The predicted molar refractivity (Wildman–Crippen MR) is 76.2 cm³/mol. The van der Waals surface area contributed by atoms with Gasteiger partial charge in [-0.2, -0.15) is 4.98 Å². The summed E-state index contributed by atoms with van der Waals surface area (Å²) in [6.45, 7) is 1.66. The molecule has 2 rings (SSSR count). The summed E-state index contributed by atoms with van der Waals surface area (Å²) in [5, 5.41) is 8.42. The molecule has 0 aliphatic carbocycles. The molecule has 9 nitrogen and oxygen atoms in total. The predicted octanol–water partition coefficient (Wildman–Crippen LogP) is -0.144. The lowest BCUT2D eigenvalue weighted by Crippen LogP contribution is -2.20. The number of carbonyl (C=O) groups is 1. The SMILES string of the molecule is CNS(=O)(=O)c1cc(NC(=O)c2nc(N)n[nH]2)ccc1C. The van der Waals surface area contributed by atoms with Gasteiger partial charge in [0.15, 0.2) is 0 Å². The number of nitrogens with zero attached hydrogens (tertiary/aromatic N) is 2. The Balaban J connectivity index is 2.30. The van der Waals surface area contributed by atoms with Crippen molar-refractivity contribution in [2.45, 2.75) is 11.8 Å². The lowest BCUT2D eigenvalue weighted by Gasteiger charge is -2.09. The van der Waals surface area contributed by atoms with Gasteiger partial charge in [-0.05, 0) is 31.7 Å². The maximum atomic E-state index is 11.9. The third-order valence-electron chi connectivity index (χ3n) is 2.72. The number of H-pyrrole nitrogens is 1. The number of nitrogens with two attached hydrogens (primary N) is 1. The maximum absolute atomic E-state index is 11.9. The highest BCUT2D eigenvalue weighted by Gasteiger charge is 2.17. The standard InChI is InChI=1S/C11H14N6O3S/c1-6-3-4-7(5-8(6)21(19,20)13-2)14-10(18)9-15-11(12)17-16-9/h3-5,13H,1-2H3,(H,14,18)(H3,12,15,16,17). The Morgan fingerprint density at radius 1 is 1.38 bits per heavy atom. The van der Waals surface area contributed by atoms with Gasteiger partial charge in [-0.25, -0.2) is 13.1 Å². The second-order valence-corrected chi connectivity index (χ2v) is 6.04. The zero-order valence-electron chi connectivity index (χ0n) is 11.3. The van der Waals surface area contributed by atoms with Crippen LogP contribution in [-0.2, 0) is 10.0 Å². The Morgan fingerprint density at radius 3 is 2.67 bits per heavy atom. The normalized spacial score (nSPS) is 11.3. The van der Waals surface area contributed by atoms with Crippen LogP contribution in [0.25, 0.3) is 0 Å². The number of aromatic nitrogens is 3. The van der Waals surface area contributed by atoms with Gasteiger partial charge in [-0.3, -0.25) is 9.89 Å². The molecule has 0 fully saturated rings. The number of rotatable bonds is 4. The highest BCUT2D eigenvalue weighted by Crippen LogP contribution is 2.20. The molecule has 0 saturated heterocycles. The van der Waals surface area contributed by atoms with Crippen LogP contribution in [-0.4, -0.2) is 36.6 Å². The molecule has 0 bridgehead atoms. The largest absolute Gasteiger partial charge is 0.366 e. The molecule has 5 N–H and O–H groups in total. The number of nitrogen functional groups attached to an aromatic ring is 1. The van der Waals surface area contributed by atoms with E-state index in [2.05, 4.69) is 25.2 Å². The van der Waals surface area contributed by atoms with E-state index in [0.29, 0.717) is 11.3 Å². The van der Waals surface area contributed by atoms with E-state index < -0.39 is 15.9 Å². The van der Waals surface area contributed by atoms with E-state index >= 15 is 0 Å². The summed E-state index contributed by atoms with van der Waals surface area (Å²) in [5.41, 5.74) is 6.18. The van der Waals surface area contributed by atoms with Crippen molar-refractivity contribution in [3.63, 3.8) is 0 Å². The van der Waals surface area contributed by atoms with Gasteiger partial charge in [-0.1, -0.05) is 6.07 Å². The molecule has 21 heavy (non-hydrogen) atoms. The summed E-state index contributed by atoms with van der Waals surface area (Å²) in [5.74, 6) is -0.690. The number of aromatic amines is 1. The third-order valence-corrected chi connectivity index (χ3v) is 4.28. The van der Waals surface area contributed by atoms with Crippen LogP contribution in [0.15, 0.2) is 23.1 Å². The topological polar surface area (TPSA) is 143 Å². The van der Waals surface area contributed by atoms with Gasteiger partial charge in [-0.15, -0.1) is 5.10 Å². The number of hydrogen-bond donors (Lipinski definition) is 4. The molecule has 0 spiro atoms. The first-order chi connectivity index (χ1) is 9.83. The molecule has 0 aliphatic heterocycles. The summed E-state index contributed by atoms with van der Waals surface area (Å²) in [6, 6.07) is 4.54. The first-order valence-corrected chi connectivity index (χ1v) is 7.35. The number of benzene rings is 1. The Labute approximate surface area is 121 Å². The summed E-state index contributed by atoms with van der Waals surface area (Å²) < 4.78 is 26.0. The molecule has 1 aromatic heterocycles. The average molecular weight is 310 g/mol. The fourth-order valence-electron chi connectivity index (χ4n) is 1.64. The number of aryl methyl sites for hydroxylation is 1. The third kappa shape index (κ3) is 3.17. The second kappa shape index (κ2) is 5.50. The monoisotopic (exact) mass is 310 g/mol. The smallest absolute Gasteiger partial charge is 0.293 e. The Morgan fingerprint density at radius 2 is 2.10 bits per heavy atom. The molecule has 10 heteroatoms. The summed E-state index contributed by atoms with van der Waals surface area (Å²) >= 11 is 0. The van der Waals surface area contributed by atoms with Gasteiger partial charge in [0, 0.05) is 5.69 Å². The van der Waals surface area contributed by atoms with Gasteiger partial charge in [0.2, 0.25) is 21.8 Å². The summed E-state index contributed by atoms with van der Waals surface area (Å²) in [6.07, 6.45) is 0. The van der Waals surface area contributed by atoms with Crippen molar-refractivity contribution in [3.05, 3.63) is 29.6 Å². The summed E-state index contributed by atoms with van der Waals surface area (Å²) in [7, 11) is -2.29. The number of hydrogen-bond acceptors (Lipinski definition) is 6. The van der Waals surface area contributed by atoms with Crippen LogP contribution in [0.2, 0.25) is 0 Å². The number of amides is 1. The van der Waals surface area contributed by atoms with Crippen LogP contribution in [0.1, 0.15) is 16.2 Å². The van der Waals surface area contributed by atoms with Gasteiger partial charge >= 0.3 is 0 Å². The van der Waals surface area contributed by atoms with E-state index in [0.717, 1.165) is 0 Å². The van der Waals surface area contributed by atoms with E-state index in [9.17, 15) is 13.2 Å². The van der Waals surface area contributed by atoms with Crippen LogP contribution in [0.4, 0.5) is 11.6 Å². The fraction of sp³-hybridized carbons (Fsp3) is 0.182. The molecule has 112 valence electrons. The molecule has 0 aliphatic rings. The van der Waals surface area contributed by atoms with Crippen molar-refractivity contribution >= 4 is 27.6 Å². The molecular formula is C11H14N6O3S. The Hall–Kier alpha value is -2.46. The van der Waals surface area contributed by atoms with Crippen LogP contribution in [0, 0.1) is 6.92 Å². The Kier molecular flexibility index (Phi) is 3.91. The van der Waals surface area contributed by atoms with Gasteiger partial charge < -0.3 is 11.1 Å². The van der Waals surface area contributed by atoms with E-state index in [1.807, 2.05) is 0 Å². The Bertz CT molecular complexity index is 783. The molecule has 0 atom stereocenters. The van der Waals surface area contributed by atoms with Crippen LogP contribution >= 0.6 is 0 Å². The minimum atomic E-state index is -3.60. The van der Waals surface area contributed by atoms with Crippen molar-refractivity contribution in [1.29, 1.82) is 0 Å². The first kappa shape index (κ1) is 14.9. The molecule has 2 aromatic rings. The molecule has 1 aromatic carbocycles. The van der Waals surface area contributed by atoms with Gasteiger partial charge in [0.25, 0.3) is 5.91 Å². The minimum absolute atomic E-state index is 0.0532. The number of nitrogens with one attached hydrogen (secondary N) is 3. The van der Waals surface area contributed by atoms with E-state index in [1.54, 1.807) is 19.1 Å². The minimum Gasteiger partial charge on any atom is -0.366 e. The molecule has 1 amide bonds. The van der Waals surface area contributed by atoms with Crippen LogP contribution in [0.5, 0.6) is 0 Å². The van der Waals surface area contributed by atoms with Crippen molar-refractivity contribution in [2.75, 3.05) is 18.1 Å². The summed E-state index contributed by atoms with van der Waals surface area (Å²) in [4.78, 5) is 15.6. The van der Waals surface area contributed by atoms with Gasteiger partial charge in [0.1, 0.15) is 0 Å². The number of carbonyl (C=O) groups excluding carboxylic acids is 1. The van der Waals surface area contributed by atoms with E-state index in [4.69, 9.17) is 5.73 Å². The average Bonchev–Trinajstić information content (AvgIpc) is 2.87. The van der Waals surface area contributed by atoms with Crippen LogP contribution < -0.4 is 15.8 Å². The second-order valence-electron chi connectivity index (χ2n) is 4.18. The lowest BCUT2D eigenvalue weighted by atomic mass is 10.2. The van der Waals surface area contributed by atoms with E-state index in [1.165, 1.54) is 13.1 Å². The zero-order valence-corrected chi connectivity index (χ0v) is 12.2. The van der Waals surface area contributed by atoms with Crippen LogP contribution in [0.3, 0.4) is 0 Å².